The largest absolute Gasteiger partial charge is 0.478 e. The van der Waals surface area contributed by atoms with Gasteiger partial charge in [0.15, 0.2) is 0 Å². The first-order chi connectivity index (χ1) is 12.3. The molecule has 0 fully saturated rings. The Morgan fingerprint density at radius 3 is 1.96 bits per heavy atom. The Morgan fingerprint density at radius 1 is 0.923 bits per heavy atom. The summed E-state index contributed by atoms with van der Waals surface area (Å²) in [4.78, 5) is 21.1. The summed E-state index contributed by atoms with van der Waals surface area (Å²) >= 11 is 0. The molecule has 0 aromatic heterocycles. The molecule has 0 heterocycles. The fraction of sp³-hybridized carbons (Fsp3) is 0.727. The number of aliphatic carboxylic acids is 2. The Balaban J connectivity index is 0. The first kappa shape index (κ1) is 26.6. The molecule has 0 rings (SSSR count). The minimum atomic E-state index is -0.852. The smallest absolute Gasteiger partial charge is 0.331 e. The summed E-state index contributed by atoms with van der Waals surface area (Å²) < 4.78 is 0. The molecular weight excluding hydrogens is 328 g/mol. The molecule has 152 valence electrons. The lowest BCUT2D eigenvalue weighted by Gasteiger charge is -2.13. The van der Waals surface area contributed by atoms with Crippen molar-refractivity contribution in [2.75, 3.05) is 0 Å². The summed E-state index contributed by atoms with van der Waals surface area (Å²) in [5.74, 6) is -1.11. The molecule has 0 aliphatic heterocycles. The van der Waals surface area contributed by atoms with Crippen LogP contribution in [-0.2, 0) is 9.59 Å². The van der Waals surface area contributed by atoms with Crippen LogP contribution >= 0.6 is 0 Å². The third kappa shape index (κ3) is 15.9. The maximum atomic E-state index is 10.6. The normalized spacial score (nSPS) is 12.1. The number of carboxylic acids is 2. The fourth-order valence-electron chi connectivity index (χ4n) is 2.61. The molecule has 4 heteroatoms. The van der Waals surface area contributed by atoms with Crippen molar-refractivity contribution in [2.24, 2.45) is 5.92 Å². The van der Waals surface area contributed by atoms with E-state index in [4.69, 9.17) is 10.2 Å². The van der Waals surface area contributed by atoms with E-state index in [1.54, 1.807) is 0 Å². The van der Waals surface area contributed by atoms with Gasteiger partial charge in [0.2, 0.25) is 0 Å². The van der Waals surface area contributed by atoms with Gasteiger partial charge < -0.3 is 10.2 Å². The average molecular weight is 369 g/mol. The Bertz CT molecular complexity index is 424. The molecule has 0 spiro atoms. The predicted octanol–water partition coefficient (Wildman–Crippen LogP) is 6.61. The Hall–Kier alpha value is -1.58. The lowest BCUT2D eigenvalue weighted by Crippen LogP contribution is -2.06. The van der Waals surface area contributed by atoms with E-state index >= 15 is 0 Å². The third-order valence-corrected chi connectivity index (χ3v) is 4.48. The summed E-state index contributed by atoms with van der Waals surface area (Å²) in [6.45, 7) is 11.9. The van der Waals surface area contributed by atoms with E-state index in [0.29, 0.717) is 29.9 Å². The summed E-state index contributed by atoms with van der Waals surface area (Å²) in [6.07, 6.45) is 13.4. The predicted molar refractivity (Wildman–Crippen MR) is 109 cm³/mol. The quantitative estimate of drug-likeness (QED) is 0.267. The Labute approximate surface area is 160 Å². The van der Waals surface area contributed by atoms with E-state index in [2.05, 4.69) is 27.4 Å². The van der Waals surface area contributed by atoms with E-state index in [9.17, 15) is 9.59 Å². The van der Waals surface area contributed by atoms with Crippen LogP contribution in [0.2, 0.25) is 0 Å². The van der Waals surface area contributed by atoms with Crippen molar-refractivity contribution in [1.29, 1.82) is 0 Å². The molecule has 1 atom stereocenters. The van der Waals surface area contributed by atoms with Crippen molar-refractivity contribution in [1.82, 2.24) is 0 Å². The summed E-state index contributed by atoms with van der Waals surface area (Å²) in [5, 5.41) is 17.4. The lowest BCUT2D eigenvalue weighted by atomic mass is 9.92. The molecule has 0 aliphatic rings. The van der Waals surface area contributed by atoms with Gasteiger partial charge in [-0.05, 0) is 31.6 Å². The number of allylic oxidation sites excluding steroid dienone is 1. The molecular formula is C22H40O4. The topological polar surface area (TPSA) is 74.6 Å². The van der Waals surface area contributed by atoms with E-state index in [1.165, 1.54) is 32.1 Å². The third-order valence-electron chi connectivity index (χ3n) is 4.48. The van der Waals surface area contributed by atoms with Crippen LogP contribution in [0.25, 0.3) is 0 Å². The zero-order valence-corrected chi connectivity index (χ0v) is 17.4. The molecule has 0 amide bonds. The molecule has 0 radical (unpaired) electrons. The number of carboxylic acid groups (broad SMARTS) is 2. The van der Waals surface area contributed by atoms with Gasteiger partial charge in [0.05, 0.1) is 0 Å². The highest BCUT2D eigenvalue weighted by molar-refractivity contribution is 5.86. The van der Waals surface area contributed by atoms with Gasteiger partial charge in [-0.15, -0.1) is 0 Å². The summed E-state index contributed by atoms with van der Waals surface area (Å²) in [7, 11) is 0. The van der Waals surface area contributed by atoms with E-state index in [-0.39, 0.29) is 0 Å². The Morgan fingerprint density at radius 2 is 1.54 bits per heavy atom. The van der Waals surface area contributed by atoms with Gasteiger partial charge in [-0.2, -0.15) is 0 Å². The lowest BCUT2D eigenvalue weighted by molar-refractivity contribution is -0.133. The second-order valence-electron chi connectivity index (χ2n) is 6.77. The number of carbonyl (C=O) groups is 2. The van der Waals surface area contributed by atoms with Gasteiger partial charge in [-0.25, -0.2) is 9.59 Å². The van der Waals surface area contributed by atoms with Crippen molar-refractivity contribution in [3.05, 3.63) is 23.8 Å². The first-order valence-corrected chi connectivity index (χ1v) is 10.2. The molecule has 2 N–H and O–H groups in total. The summed E-state index contributed by atoms with van der Waals surface area (Å²) in [5.41, 5.74) is 0.902. The highest BCUT2D eigenvalue weighted by Crippen LogP contribution is 2.20. The molecule has 0 aliphatic carbocycles. The van der Waals surface area contributed by atoms with Crippen molar-refractivity contribution in [3.63, 3.8) is 0 Å². The standard InChI is InChI=1S/2C11H20O2/c1-4-6-7-10(5-2)8-9(3)11(12)13;1-3-5-6-7-8-9-10(4-2)11(12)13/h10H,3-8H2,1-2H3,(H,12,13);9H,3-8H2,1-2H3,(H,12,13)/b;10-9-. The fourth-order valence-corrected chi connectivity index (χ4v) is 2.61. The second kappa shape index (κ2) is 18.2. The van der Waals surface area contributed by atoms with Crippen molar-refractivity contribution in [3.8, 4) is 0 Å². The highest BCUT2D eigenvalue weighted by Gasteiger charge is 2.11. The first-order valence-electron chi connectivity index (χ1n) is 10.2. The van der Waals surface area contributed by atoms with Crippen LogP contribution in [0.1, 0.15) is 98.3 Å². The SMILES string of the molecule is C=C(CC(CC)CCCC)C(=O)O.CCCCCC/C=C(/CC)C(=O)O. The monoisotopic (exact) mass is 368 g/mol. The van der Waals surface area contributed by atoms with Crippen LogP contribution in [0.15, 0.2) is 23.8 Å². The molecule has 0 aromatic rings. The summed E-state index contributed by atoms with van der Waals surface area (Å²) in [6, 6.07) is 0. The highest BCUT2D eigenvalue weighted by atomic mass is 16.4. The van der Waals surface area contributed by atoms with Crippen LogP contribution in [0.5, 0.6) is 0 Å². The van der Waals surface area contributed by atoms with Gasteiger partial charge >= 0.3 is 11.9 Å². The zero-order valence-electron chi connectivity index (χ0n) is 17.4. The van der Waals surface area contributed by atoms with E-state index in [1.807, 2.05) is 13.0 Å². The van der Waals surface area contributed by atoms with Gasteiger partial charge in [0.1, 0.15) is 0 Å². The van der Waals surface area contributed by atoms with Gasteiger partial charge in [0.25, 0.3) is 0 Å². The second-order valence-corrected chi connectivity index (χ2v) is 6.77. The van der Waals surface area contributed by atoms with Crippen LogP contribution in [0, 0.1) is 5.92 Å². The van der Waals surface area contributed by atoms with Gasteiger partial charge in [0, 0.05) is 11.1 Å². The Kier molecular flexibility index (Phi) is 18.7. The van der Waals surface area contributed by atoms with E-state index < -0.39 is 11.9 Å². The minimum absolute atomic E-state index is 0.350. The van der Waals surface area contributed by atoms with Crippen LogP contribution < -0.4 is 0 Å². The molecule has 0 aromatic carbocycles. The van der Waals surface area contributed by atoms with Gasteiger partial charge in [-0.3, -0.25) is 0 Å². The molecule has 0 bridgehead atoms. The average Bonchev–Trinajstić information content (AvgIpc) is 2.61. The number of rotatable bonds is 14. The number of hydrogen-bond donors (Lipinski definition) is 2. The number of hydrogen-bond acceptors (Lipinski definition) is 2. The maximum absolute atomic E-state index is 10.6. The van der Waals surface area contributed by atoms with Crippen LogP contribution in [0.4, 0.5) is 0 Å². The van der Waals surface area contributed by atoms with Crippen molar-refractivity contribution in [2.45, 2.75) is 98.3 Å². The van der Waals surface area contributed by atoms with Crippen LogP contribution in [0.3, 0.4) is 0 Å². The maximum Gasteiger partial charge on any atom is 0.331 e. The molecule has 0 saturated heterocycles. The number of unbranched alkanes of at least 4 members (excludes halogenated alkanes) is 5. The van der Waals surface area contributed by atoms with Gasteiger partial charge in [-0.1, -0.05) is 85.3 Å². The van der Waals surface area contributed by atoms with Crippen molar-refractivity contribution >= 4 is 11.9 Å². The zero-order chi connectivity index (χ0) is 20.4. The van der Waals surface area contributed by atoms with Crippen molar-refractivity contribution < 1.29 is 19.8 Å². The van der Waals surface area contributed by atoms with E-state index in [0.717, 1.165) is 25.7 Å². The minimum Gasteiger partial charge on any atom is -0.478 e. The molecule has 0 saturated carbocycles. The molecule has 4 nitrogen and oxygen atoms in total. The van der Waals surface area contributed by atoms with Crippen LogP contribution in [-0.4, -0.2) is 22.2 Å². The molecule has 1 unspecified atom stereocenters. The molecule has 26 heavy (non-hydrogen) atoms.